The van der Waals surface area contributed by atoms with E-state index in [0.29, 0.717) is 23.0 Å². The van der Waals surface area contributed by atoms with E-state index in [1.54, 1.807) is 24.3 Å². The molecule has 1 unspecified atom stereocenters. The average molecular weight is 471 g/mol. The second-order valence-electron chi connectivity index (χ2n) is 8.13. The molecule has 0 radical (unpaired) electrons. The predicted molar refractivity (Wildman–Crippen MR) is 136 cm³/mol. The van der Waals surface area contributed by atoms with E-state index in [1.165, 1.54) is 18.7 Å². The van der Waals surface area contributed by atoms with Gasteiger partial charge >= 0.3 is 0 Å². The summed E-state index contributed by atoms with van der Waals surface area (Å²) in [5, 5.41) is 12.1. The number of rotatable bonds is 8. The molecule has 0 fully saturated rings. The van der Waals surface area contributed by atoms with E-state index in [0.717, 1.165) is 22.5 Å². The first-order valence-electron chi connectivity index (χ1n) is 11.0. The number of carbonyl (C=O) groups excluding carboxylic acids is 2. The number of aryl methyl sites for hydroxylation is 1. The van der Waals surface area contributed by atoms with Crippen molar-refractivity contribution in [3.05, 3.63) is 95.6 Å². The molecule has 6 nitrogen and oxygen atoms in total. The van der Waals surface area contributed by atoms with E-state index in [1.807, 2.05) is 50.2 Å². The van der Waals surface area contributed by atoms with E-state index >= 15 is 0 Å². The van der Waals surface area contributed by atoms with E-state index in [4.69, 9.17) is 0 Å². The van der Waals surface area contributed by atoms with Crippen molar-refractivity contribution in [2.75, 3.05) is 5.32 Å². The van der Waals surface area contributed by atoms with Crippen LogP contribution in [0.25, 0.3) is 11.4 Å². The van der Waals surface area contributed by atoms with Crippen LogP contribution in [0.5, 0.6) is 0 Å². The fraction of sp³-hybridized carbons (Fsp3) is 0.185. The molecule has 1 N–H and O–H groups in total. The highest BCUT2D eigenvalue weighted by atomic mass is 32.2. The Morgan fingerprint density at radius 3 is 2.38 bits per heavy atom. The molecule has 0 bridgehead atoms. The van der Waals surface area contributed by atoms with Gasteiger partial charge in [-0.05, 0) is 56.7 Å². The average Bonchev–Trinajstić information content (AvgIpc) is 3.22. The van der Waals surface area contributed by atoms with Crippen LogP contribution in [-0.2, 0) is 11.3 Å². The molecule has 1 aromatic heterocycles. The molecule has 1 heterocycles. The van der Waals surface area contributed by atoms with Crippen LogP contribution in [0.3, 0.4) is 0 Å². The van der Waals surface area contributed by atoms with Crippen LogP contribution in [0.2, 0.25) is 0 Å². The van der Waals surface area contributed by atoms with Crippen LogP contribution in [0.4, 0.5) is 5.69 Å². The second-order valence-corrected chi connectivity index (χ2v) is 9.44. The van der Waals surface area contributed by atoms with E-state index < -0.39 is 5.25 Å². The number of aromatic nitrogens is 3. The monoisotopic (exact) mass is 470 g/mol. The lowest BCUT2D eigenvalue weighted by molar-refractivity contribution is -0.115. The summed E-state index contributed by atoms with van der Waals surface area (Å²) in [5.74, 6) is 0.610. The highest BCUT2D eigenvalue weighted by molar-refractivity contribution is 8.00. The Bertz CT molecular complexity index is 1300. The molecule has 4 aromatic rings. The van der Waals surface area contributed by atoms with Crippen molar-refractivity contribution in [1.29, 1.82) is 0 Å². The zero-order chi connectivity index (χ0) is 24.1. The minimum Gasteiger partial charge on any atom is -0.325 e. The molecule has 3 aromatic carbocycles. The molecule has 172 valence electrons. The largest absolute Gasteiger partial charge is 0.325 e. The maximum atomic E-state index is 12.9. The van der Waals surface area contributed by atoms with E-state index in [-0.39, 0.29) is 11.7 Å². The lowest BCUT2D eigenvalue weighted by atomic mass is 10.1. The SMILES string of the molecule is CC(=O)c1ccc(NC(=O)C(C)Sc2nnc(-c3cccc(C)c3)n2Cc2ccccc2)cc1. The fourth-order valence-electron chi connectivity index (χ4n) is 3.53. The Balaban J connectivity index is 1.56. The minimum absolute atomic E-state index is 0.0102. The molecule has 0 aliphatic heterocycles. The number of thioether (sulfide) groups is 1. The van der Waals surface area contributed by atoms with Crippen LogP contribution in [0.1, 0.15) is 35.3 Å². The molecule has 0 saturated carbocycles. The van der Waals surface area contributed by atoms with Crippen molar-refractivity contribution >= 4 is 29.1 Å². The van der Waals surface area contributed by atoms with Gasteiger partial charge in [0.1, 0.15) is 0 Å². The number of hydrogen-bond donors (Lipinski definition) is 1. The van der Waals surface area contributed by atoms with Gasteiger partial charge in [-0.3, -0.25) is 14.2 Å². The molecule has 0 saturated heterocycles. The molecular weight excluding hydrogens is 444 g/mol. The number of carbonyl (C=O) groups is 2. The van der Waals surface area contributed by atoms with Gasteiger partial charge in [0.15, 0.2) is 16.8 Å². The fourth-order valence-corrected chi connectivity index (χ4v) is 4.37. The Morgan fingerprint density at radius 1 is 0.971 bits per heavy atom. The third-order valence-electron chi connectivity index (χ3n) is 5.39. The molecular formula is C27H26N4O2S. The number of nitrogens with zero attached hydrogens (tertiary/aromatic N) is 3. The number of hydrogen-bond acceptors (Lipinski definition) is 5. The van der Waals surface area contributed by atoms with Gasteiger partial charge in [-0.1, -0.05) is 65.9 Å². The summed E-state index contributed by atoms with van der Waals surface area (Å²) >= 11 is 1.37. The van der Waals surface area contributed by atoms with E-state index in [9.17, 15) is 9.59 Å². The molecule has 0 aliphatic carbocycles. The lowest BCUT2D eigenvalue weighted by Crippen LogP contribution is -2.23. The van der Waals surface area contributed by atoms with Gasteiger partial charge in [-0.15, -0.1) is 10.2 Å². The third kappa shape index (κ3) is 5.61. The number of anilines is 1. The maximum Gasteiger partial charge on any atom is 0.237 e. The summed E-state index contributed by atoms with van der Waals surface area (Å²) in [6, 6.07) is 25.2. The van der Waals surface area contributed by atoms with Gasteiger partial charge in [-0.25, -0.2) is 0 Å². The molecule has 34 heavy (non-hydrogen) atoms. The van der Waals surface area contributed by atoms with Crippen molar-refractivity contribution in [1.82, 2.24) is 14.8 Å². The maximum absolute atomic E-state index is 12.9. The molecule has 4 rings (SSSR count). The summed E-state index contributed by atoms with van der Waals surface area (Å²) in [7, 11) is 0. The minimum atomic E-state index is -0.406. The first-order valence-corrected chi connectivity index (χ1v) is 11.9. The van der Waals surface area contributed by atoms with Gasteiger partial charge in [-0.2, -0.15) is 0 Å². The summed E-state index contributed by atoms with van der Waals surface area (Å²) < 4.78 is 2.06. The second kappa shape index (κ2) is 10.5. The summed E-state index contributed by atoms with van der Waals surface area (Å²) in [6.07, 6.45) is 0. The normalized spacial score (nSPS) is 11.7. The van der Waals surface area contributed by atoms with Crippen LogP contribution >= 0.6 is 11.8 Å². The Labute approximate surface area is 203 Å². The van der Waals surface area contributed by atoms with Gasteiger partial charge in [0.05, 0.1) is 11.8 Å². The van der Waals surface area contributed by atoms with Crippen LogP contribution in [0.15, 0.2) is 84.0 Å². The number of ketones is 1. The number of Topliss-reactive ketones (excluding diaryl/α,β-unsaturated/α-hetero) is 1. The smallest absolute Gasteiger partial charge is 0.237 e. The van der Waals surface area contributed by atoms with Gasteiger partial charge in [0, 0.05) is 16.8 Å². The Hall–Kier alpha value is -3.71. The van der Waals surface area contributed by atoms with Crippen LogP contribution in [0, 0.1) is 6.92 Å². The van der Waals surface area contributed by atoms with Crippen molar-refractivity contribution in [2.45, 2.75) is 37.7 Å². The van der Waals surface area contributed by atoms with Crippen molar-refractivity contribution in [3.63, 3.8) is 0 Å². The number of benzene rings is 3. The zero-order valence-corrected chi connectivity index (χ0v) is 20.2. The topological polar surface area (TPSA) is 76.9 Å². The number of nitrogens with one attached hydrogen (secondary N) is 1. The molecule has 0 aliphatic rings. The first kappa shape index (κ1) is 23.4. The van der Waals surface area contributed by atoms with E-state index in [2.05, 4.69) is 38.3 Å². The summed E-state index contributed by atoms with van der Waals surface area (Å²) in [4.78, 5) is 24.3. The van der Waals surface area contributed by atoms with Crippen molar-refractivity contribution < 1.29 is 9.59 Å². The number of amides is 1. The Morgan fingerprint density at radius 2 is 1.71 bits per heavy atom. The first-order chi connectivity index (χ1) is 16.4. The predicted octanol–water partition coefficient (Wildman–Crippen LogP) is 5.62. The quantitative estimate of drug-likeness (QED) is 0.267. The standard InChI is InChI=1S/C27H26N4O2S/c1-18-8-7-11-23(16-18)25-29-30-27(31(25)17-21-9-5-4-6-10-21)34-20(3)26(33)28-24-14-12-22(13-15-24)19(2)32/h4-16,20H,17H2,1-3H3,(H,28,33). The molecule has 1 amide bonds. The third-order valence-corrected chi connectivity index (χ3v) is 6.47. The van der Waals surface area contributed by atoms with Crippen LogP contribution in [-0.4, -0.2) is 31.7 Å². The summed E-state index contributed by atoms with van der Waals surface area (Å²) in [5.41, 5.74) is 4.51. The van der Waals surface area contributed by atoms with Crippen molar-refractivity contribution in [3.8, 4) is 11.4 Å². The molecule has 0 spiro atoms. The highest BCUT2D eigenvalue weighted by Gasteiger charge is 2.21. The van der Waals surface area contributed by atoms with Crippen LogP contribution < -0.4 is 5.32 Å². The lowest BCUT2D eigenvalue weighted by Gasteiger charge is -2.14. The summed E-state index contributed by atoms with van der Waals surface area (Å²) in [6.45, 7) is 6.01. The van der Waals surface area contributed by atoms with Gasteiger partial charge in [0.2, 0.25) is 5.91 Å². The van der Waals surface area contributed by atoms with Gasteiger partial charge in [0.25, 0.3) is 0 Å². The highest BCUT2D eigenvalue weighted by Crippen LogP contribution is 2.29. The zero-order valence-electron chi connectivity index (χ0n) is 19.4. The molecule has 7 heteroatoms. The molecule has 1 atom stereocenters. The van der Waals surface area contributed by atoms with Crippen molar-refractivity contribution in [2.24, 2.45) is 0 Å². The van der Waals surface area contributed by atoms with Gasteiger partial charge < -0.3 is 5.32 Å². The Kier molecular flexibility index (Phi) is 7.23.